The molecule has 0 amide bonds. The second kappa shape index (κ2) is 5.59. The summed E-state index contributed by atoms with van der Waals surface area (Å²) in [7, 11) is 5.74. The molecule has 1 aliphatic heterocycles. The van der Waals surface area contributed by atoms with Gasteiger partial charge in [0, 0.05) is 30.1 Å². The Hall–Kier alpha value is -0.930. The van der Waals surface area contributed by atoms with Crippen molar-refractivity contribution in [2.75, 3.05) is 34.4 Å². The Morgan fingerprint density at radius 1 is 1.11 bits per heavy atom. The topological polar surface area (TPSA) is 21.7 Å². The van der Waals surface area contributed by atoms with E-state index in [-0.39, 0.29) is 12.4 Å². The number of likely N-dealkylation sites (tertiary alicyclic amines) is 1. The number of halogens is 1. The maximum Gasteiger partial charge on any atom is 0.122 e. The Morgan fingerprint density at radius 2 is 1.79 bits per heavy atom. The van der Waals surface area contributed by atoms with Crippen LogP contribution in [0.1, 0.15) is 23.5 Å². The van der Waals surface area contributed by atoms with Crippen molar-refractivity contribution in [1.82, 2.24) is 4.90 Å². The zero-order chi connectivity index (χ0) is 12.7. The second-order valence-electron chi connectivity index (χ2n) is 5.49. The Balaban J connectivity index is 0.00000133. The molecule has 2 atom stereocenters. The third-order valence-electron chi connectivity index (χ3n) is 4.47. The molecule has 2 unspecified atom stereocenters. The minimum Gasteiger partial charge on any atom is -0.496 e. The van der Waals surface area contributed by atoms with Gasteiger partial charge in [-0.15, -0.1) is 12.4 Å². The molecule has 1 fully saturated rings. The lowest BCUT2D eigenvalue weighted by Crippen LogP contribution is -2.20. The lowest BCUT2D eigenvalue weighted by atomic mass is 9.76. The number of fused-ring (bicyclic) bond motifs is 3. The van der Waals surface area contributed by atoms with Crippen molar-refractivity contribution >= 4 is 12.4 Å². The second-order valence-corrected chi connectivity index (χ2v) is 5.49. The molecule has 1 saturated heterocycles. The molecule has 3 nitrogen and oxygen atoms in total. The number of benzene rings is 1. The highest BCUT2D eigenvalue weighted by atomic mass is 35.5. The molecule has 0 saturated carbocycles. The molecule has 1 aromatic rings. The van der Waals surface area contributed by atoms with Gasteiger partial charge in [0.1, 0.15) is 11.5 Å². The van der Waals surface area contributed by atoms with Crippen LogP contribution in [0.5, 0.6) is 11.5 Å². The fourth-order valence-electron chi connectivity index (χ4n) is 3.69. The van der Waals surface area contributed by atoms with Crippen LogP contribution in [0.2, 0.25) is 0 Å². The van der Waals surface area contributed by atoms with Crippen molar-refractivity contribution in [3.63, 3.8) is 0 Å². The minimum absolute atomic E-state index is 0. The van der Waals surface area contributed by atoms with E-state index in [0.29, 0.717) is 5.92 Å². The van der Waals surface area contributed by atoms with Crippen molar-refractivity contribution in [2.24, 2.45) is 5.92 Å². The maximum absolute atomic E-state index is 5.58. The summed E-state index contributed by atoms with van der Waals surface area (Å²) in [5, 5.41) is 0. The summed E-state index contributed by atoms with van der Waals surface area (Å²) in [6.07, 6.45) is 2.39. The van der Waals surface area contributed by atoms with Crippen LogP contribution in [0.25, 0.3) is 0 Å². The van der Waals surface area contributed by atoms with Crippen LogP contribution in [0.4, 0.5) is 0 Å². The van der Waals surface area contributed by atoms with E-state index in [1.54, 1.807) is 14.2 Å². The minimum atomic E-state index is 0. The summed E-state index contributed by atoms with van der Waals surface area (Å²) in [6, 6.07) is 4.09. The Bertz CT molecular complexity index is 464. The van der Waals surface area contributed by atoms with Crippen LogP contribution in [0.15, 0.2) is 12.1 Å². The predicted octanol–water partition coefficient (Wildman–Crippen LogP) is 2.72. The van der Waals surface area contributed by atoms with Crippen LogP contribution in [-0.4, -0.2) is 39.3 Å². The van der Waals surface area contributed by atoms with E-state index < -0.39 is 0 Å². The molecule has 4 heteroatoms. The van der Waals surface area contributed by atoms with Crippen LogP contribution >= 0.6 is 12.4 Å². The van der Waals surface area contributed by atoms with Gasteiger partial charge >= 0.3 is 0 Å². The van der Waals surface area contributed by atoms with Gasteiger partial charge in [0.05, 0.1) is 14.2 Å². The van der Waals surface area contributed by atoms with Gasteiger partial charge in [-0.1, -0.05) is 0 Å². The van der Waals surface area contributed by atoms with Crippen LogP contribution < -0.4 is 9.47 Å². The molecule has 0 N–H and O–H groups in total. The van der Waals surface area contributed by atoms with Crippen molar-refractivity contribution in [2.45, 2.75) is 18.8 Å². The molecule has 1 heterocycles. The summed E-state index contributed by atoms with van der Waals surface area (Å²) >= 11 is 0. The van der Waals surface area contributed by atoms with E-state index in [2.05, 4.69) is 18.0 Å². The van der Waals surface area contributed by atoms with Gasteiger partial charge in [-0.05, 0) is 37.9 Å². The zero-order valence-electron chi connectivity index (χ0n) is 11.8. The molecular weight excluding hydrogens is 262 g/mol. The molecule has 1 aromatic carbocycles. The first kappa shape index (κ1) is 14.5. The first-order valence-electron chi connectivity index (χ1n) is 6.67. The predicted molar refractivity (Wildman–Crippen MR) is 78.8 cm³/mol. The van der Waals surface area contributed by atoms with E-state index in [1.165, 1.54) is 24.1 Å². The summed E-state index contributed by atoms with van der Waals surface area (Å²) in [5.74, 6) is 3.46. The molecule has 0 radical (unpaired) electrons. The van der Waals surface area contributed by atoms with E-state index >= 15 is 0 Å². The van der Waals surface area contributed by atoms with Gasteiger partial charge < -0.3 is 14.4 Å². The molecule has 106 valence electrons. The first-order valence-corrected chi connectivity index (χ1v) is 6.67. The Morgan fingerprint density at radius 3 is 2.47 bits per heavy atom. The molecule has 1 aliphatic carbocycles. The number of likely N-dealkylation sites (N-methyl/N-ethyl adjacent to an activating group) is 1. The zero-order valence-corrected chi connectivity index (χ0v) is 12.6. The van der Waals surface area contributed by atoms with Gasteiger partial charge in [0.15, 0.2) is 0 Å². The number of hydrogen-bond acceptors (Lipinski definition) is 3. The van der Waals surface area contributed by atoms with Crippen molar-refractivity contribution in [3.8, 4) is 11.5 Å². The van der Waals surface area contributed by atoms with Crippen molar-refractivity contribution in [1.29, 1.82) is 0 Å². The van der Waals surface area contributed by atoms with E-state index in [1.807, 2.05) is 6.07 Å². The van der Waals surface area contributed by atoms with E-state index in [0.717, 1.165) is 30.4 Å². The molecule has 0 spiro atoms. The molecule has 19 heavy (non-hydrogen) atoms. The van der Waals surface area contributed by atoms with Gasteiger partial charge in [-0.2, -0.15) is 0 Å². The van der Waals surface area contributed by atoms with E-state index in [4.69, 9.17) is 9.47 Å². The summed E-state index contributed by atoms with van der Waals surface area (Å²) in [5.41, 5.74) is 2.77. The average Bonchev–Trinajstić information content (AvgIpc) is 2.77. The fourth-order valence-corrected chi connectivity index (χ4v) is 3.69. The number of nitrogens with zero attached hydrogens (tertiary/aromatic N) is 1. The molecule has 0 aromatic heterocycles. The third kappa shape index (κ3) is 2.30. The SMILES string of the molecule is COc1ccc(OC)c2c1CCC1CN(C)CC21.Cl. The maximum atomic E-state index is 5.58. The van der Waals surface area contributed by atoms with Gasteiger partial charge in [0.25, 0.3) is 0 Å². The van der Waals surface area contributed by atoms with Crippen LogP contribution in [-0.2, 0) is 6.42 Å². The number of methoxy groups -OCH3 is 2. The third-order valence-corrected chi connectivity index (χ3v) is 4.47. The van der Waals surface area contributed by atoms with Gasteiger partial charge in [-0.25, -0.2) is 0 Å². The number of ether oxygens (including phenoxy) is 2. The van der Waals surface area contributed by atoms with Crippen LogP contribution in [0, 0.1) is 5.92 Å². The summed E-state index contributed by atoms with van der Waals surface area (Å²) in [4.78, 5) is 2.43. The largest absolute Gasteiger partial charge is 0.496 e. The Labute approximate surface area is 121 Å². The lowest BCUT2D eigenvalue weighted by molar-refractivity contribution is 0.364. The number of hydrogen-bond donors (Lipinski definition) is 0. The highest BCUT2D eigenvalue weighted by Crippen LogP contribution is 2.47. The molecule has 3 rings (SSSR count). The summed E-state index contributed by atoms with van der Waals surface area (Å²) < 4.78 is 11.1. The average molecular weight is 284 g/mol. The quantitative estimate of drug-likeness (QED) is 0.833. The molecule has 2 aliphatic rings. The smallest absolute Gasteiger partial charge is 0.122 e. The normalized spacial score (nSPS) is 25.2. The van der Waals surface area contributed by atoms with E-state index in [9.17, 15) is 0 Å². The summed E-state index contributed by atoms with van der Waals surface area (Å²) in [6.45, 7) is 2.35. The van der Waals surface area contributed by atoms with Gasteiger partial charge in [0.2, 0.25) is 0 Å². The van der Waals surface area contributed by atoms with Gasteiger partial charge in [-0.3, -0.25) is 0 Å². The molecular formula is C15H22ClNO2. The standard InChI is InChI=1S/C15H21NO2.ClH/c1-16-8-10-4-5-11-13(17-2)6-7-14(18-3)15(11)12(10)9-16;/h6-7,10,12H,4-5,8-9H2,1-3H3;1H. The van der Waals surface area contributed by atoms with Crippen molar-refractivity contribution < 1.29 is 9.47 Å². The highest BCUT2D eigenvalue weighted by molar-refractivity contribution is 5.85. The Kier molecular flexibility index (Phi) is 4.26. The highest BCUT2D eigenvalue weighted by Gasteiger charge is 2.38. The fraction of sp³-hybridized carbons (Fsp3) is 0.600. The number of rotatable bonds is 2. The van der Waals surface area contributed by atoms with Crippen molar-refractivity contribution in [3.05, 3.63) is 23.3 Å². The molecule has 0 bridgehead atoms. The monoisotopic (exact) mass is 283 g/mol. The lowest BCUT2D eigenvalue weighted by Gasteiger charge is -2.30. The first-order chi connectivity index (χ1) is 8.74. The van der Waals surface area contributed by atoms with Crippen LogP contribution in [0.3, 0.4) is 0 Å².